The number of benzene rings is 2. The standard InChI is InChI=1S/C24H30Cl2N4O2/c1-2-11-29(17-24(32)28-22-9-8-19(25)13-21(22)26)16-23(31)27-14-18-10-12-30(15-18)20-6-4-3-5-7-20/h3-9,13,18H,2,10-12,14-17H2,1H3,(H,27,31)(H,28,32). The zero-order valence-corrected chi connectivity index (χ0v) is 19.8. The summed E-state index contributed by atoms with van der Waals surface area (Å²) in [6, 6.07) is 15.3. The Hall–Kier alpha value is -2.28. The summed E-state index contributed by atoms with van der Waals surface area (Å²) in [6.45, 7) is 5.56. The van der Waals surface area contributed by atoms with E-state index in [1.54, 1.807) is 18.2 Å². The minimum atomic E-state index is -0.218. The zero-order valence-electron chi connectivity index (χ0n) is 18.3. The van der Waals surface area contributed by atoms with Gasteiger partial charge in [0.15, 0.2) is 0 Å². The fraction of sp³-hybridized carbons (Fsp3) is 0.417. The van der Waals surface area contributed by atoms with E-state index >= 15 is 0 Å². The van der Waals surface area contributed by atoms with E-state index < -0.39 is 0 Å². The number of amides is 2. The van der Waals surface area contributed by atoms with Gasteiger partial charge in [-0.15, -0.1) is 0 Å². The lowest BCUT2D eigenvalue weighted by atomic mass is 10.1. The van der Waals surface area contributed by atoms with Crippen LogP contribution in [0.2, 0.25) is 10.0 Å². The number of carbonyl (C=O) groups is 2. The zero-order chi connectivity index (χ0) is 22.9. The SMILES string of the molecule is CCCN(CC(=O)NCC1CCN(c2ccccc2)C1)CC(=O)Nc1ccc(Cl)cc1Cl. The van der Waals surface area contributed by atoms with E-state index in [1.165, 1.54) is 5.69 Å². The Labute approximate surface area is 199 Å². The summed E-state index contributed by atoms with van der Waals surface area (Å²) in [5, 5.41) is 6.72. The lowest BCUT2D eigenvalue weighted by Gasteiger charge is -2.22. The van der Waals surface area contributed by atoms with Gasteiger partial charge in [0.2, 0.25) is 11.8 Å². The first kappa shape index (κ1) is 24.4. The van der Waals surface area contributed by atoms with Crippen molar-refractivity contribution in [3.05, 3.63) is 58.6 Å². The van der Waals surface area contributed by atoms with E-state index in [1.807, 2.05) is 30.0 Å². The van der Waals surface area contributed by atoms with Gasteiger partial charge in [-0.05, 0) is 55.6 Å². The van der Waals surface area contributed by atoms with Crippen LogP contribution >= 0.6 is 23.2 Å². The van der Waals surface area contributed by atoms with E-state index in [-0.39, 0.29) is 24.9 Å². The predicted molar refractivity (Wildman–Crippen MR) is 132 cm³/mol. The molecule has 2 amide bonds. The molecule has 0 radical (unpaired) electrons. The minimum absolute atomic E-state index is 0.0612. The third-order valence-electron chi connectivity index (χ3n) is 5.47. The molecule has 1 aliphatic heterocycles. The van der Waals surface area contributed by atoms with Crippen molar-refractivity contribution in [2.45, 2.75) is 19.8 Å². The lowest BCUT2D eigenvalue weighted by molar-refractivity contribution is -0.123. The van der Waals surface area contributed by atoms with Crippen molar-refractivity contribution in [1.82, 2.24) is 10.2 Å². The molecule has 3 rings (SSSR count). The van der Waals surface area contributed by atoms with Gasteiger partial charge in [-0.2, -0.15) is 0 Å². The Kier molecular flexibility index (Phi) is 9.21. The number of rotatable bonds is 10. The molecule has 0 bridgehead atoms. The first-order valence-electron chi connectivity index (χ1n) is 11.0. The third kappa shape index (κ3) is 7.40. The lowest BCUT2D eigenvalue weighted by Crippen LogP contribution is -2.42. The number of nitrogens with zero attached hydrogens (tertiary/aromatic N) is 2. The molecule has 2 N–H and O–H groups in total. The molecule has 1 heterocycles. The third-order valence-corrected chi connectivity index (χ3v) is 6.02. The summed E-state index contributed by atoms with van der Waals surface area (Å²) in [4.78, 5) is 29.2. The molecule has 8 heteroatoms. The Bertz CT molecular complexity index is 910. The summed E-state index contributed by atoms with van der Waals surface area (Å²) in [7, 11) is 0. The van der Waals surface area contributed by atoms with Gasteiger partial charge >= 0.3 is 0 Å². The first-order chi connectivity index (χ1) is 15.4. The number of anilines is 2. The summed E-state index contributed by atoms with van der Waals surface area (Å²) in [5.74, 6) is 0.146. The van der Waals surface area contributed by atoms with E-state index in [2.05, 4.69) is 27.7 Å². The van der Waals surface area contributed by atoms with E-state index in [9.17, 15) is 9.59 Å². The summed E-state index contributed by atoms with van der Waals surface area (Å²) >= 11 is 12.0. The molecule has 172 valence electrons. The summed E-state index contributed by atoms with van der Waals surface area (Å²) in [5.41, 5.74) is 1.73. The highest BCUT2D eigenvalue weighted by Gasteiger charge is 2.23. The highest BCUT2D eigenvalue weighted by Crippen LogP contribution is 2.25. The molecule has 2 aromatic carbocycles. The molecular formula is C24H30Cl2N4O2. The summed E-state index contributed by atoms with van der Waals surface area (Å²) < 4.78 is 0. The molecule has 1 aliphatic rings. The smallest absolute Gasteiger partial charge is 0.238 e. The van der Waals surface area contributed by atoms with Crippen LogP contribution in [0.25, 0.3) is 0 Å². The molecule has 1 atom stereocenters. The quantitative estimate of drug-likeness (QED) is 0.536. The van der Waals surface area contributed by atoms with Crippen molar-refractivity contribution in [3.63, 3.8) is 0 Å². The Morgan fingerprint density at radius 3 is 2.56 bits per heavy atom. The van der Waals surface area contributed by atoms with E-state index in [0.717, 1.165) is 25.9 Å². The van der Waals surface area contributed by atoms with Gasteiger partial charge in [-0.25, -0.2) is 0 Å². The average molecular weight is 477 g/mol. The maximum absolute atomic E-state index is 12.5. The summed E-state index contributed by atoms with van der Waals surface area (Å²) in [6.07, 6.45) is 1.90. The van der Waals surface area contributed by atoms with E-state index in [0.29, 0.717) is 34.7 Å². The van der Waals surface area contributed by atoms with Gasteiger partial charge in [0.25, 0.3) is 0 Å². The average Bonchev–Trinajstić information content (AvgIpc) is 3.24. The second-order valence-electron chi connectivity index (χ2n) is 8.12. The van der Waals surface area contributed by atoms with Crippen LogP contribution in [0, 0.1) is 5.92 Å². The van der Waals surface area contributed by atoms with Crippen molar-refractivity contribution in [2.75, 3.05) is 49.5 Å². The number of nitrogens with one attached hydrogen (secondary N) is 2. The fourth-order valence-corrected chi connectivity index (χ4v) is 4.36. The van der Waals surface area contributed by atoms with Crippen molar-refractivity contribution in [1.29, 1.82) is 0 Å². The van der Waals surface area contributed by atoms with Gasteiger partial charge in [0.05, 0.1) is 23.8 Å². The van der Waals surface area contributed by atoms with Crippen LogP contribution in [0.15, 0.2) is 48.5 Å². The van der Waals surface area contributed by atoms with E-state index in [4.69, 9.17) is 23.2 Å². The second-order valence-corrected chi connectivity index (χ2v) is 8.97. The fourth-order valence-electron chi connectivity index (χ4n) is 3.90. The molecule has 0 spiro atoms. The number of carbonyl (C=O) groups excluding carboxylic acids is 2. The van der Waals surface area contributed by atoms with Crippen LogP contribution in [0.3, 0.4) is 0 Å². The highest BCUT2D eigenvalue weighted by atomic mass is 35.5. The molecule has 0 aliphatic carbocycles. The van der Waals surface area contributed by atoms with Crippen molar-refractivity contribution in [2.24, 2.45) is 5.92 Å². The largest absolute Gasteiger partial charge is 0.371 e. The van der Waals surface area contributed by atoms with Crippen LogP contribution in [0.1, 0.15) is 19.8 Å². The molecular weight excluding hydrogens is 447 g/mol. The van der Waals surface area contributed by atoms with Crippen molar-refractivity contribution >= 4 is 46.4 Å². The van der Waals surface area contributed by atoms with Gasteiger partial charge in [-0.1, -0.05) is 48.3 Å². The number of halogens is 2. The van der Waals surface area contributed by atoms with Crippen LogP contribution in [-0.2, 0) is 9.59 Å². The Balaban J connectivity index is 1.43. The van der Waals surface area contributed by atoms with Crippen LogP contribution < -0.4 is 15.5 Å². The number of hydrogen-bond donors (Lipinski definition) is 2. The second kappa shape index (κ2) is 12.1. The monoisotopic (exact) mass is 476 g/mol. The molecule has 2 aromatic rings. The normalized spacial score (nSPS) is 15.8. The van der Waals surface area contributed by atoms with Gasteiger partial charge < -0.3 is 15.5 Å². The Morgan fingerprint density at radius 1 is 1.09 bits per heavy atom. The topological polar surface area (TPSA) is 64.7 Å². The molecule has 1 saturated heterocycles. The molecule has 1 unspecified atom stereocenters. The number of hydrogen-bond acceptors (Lipinski definition) is 4. The van der Waals surface area contributed by atoms with Gasteiger partial charge in [-0.3, -0.25) is 14.5 Å². The van der Waals surface area contributed by atoms with Gasteiger partial charge in [0, 0.05) is 30.3 Å². The number of para-hydroxylation sites is 1. The predicted octanol–water partition coefficient (Wildman–Crippen LogP) is 4.29. The highest BCUT2D eigenvalue weighted by molar-refractivity contribution is 6.36. The van der Waals surface area contributed by atoms with Crippen LogP contribution in [0.5, 0.6) is 0 Å². The Morgan fingerprint density at radius 2 is 1.84 bits per heavy atom. The maximum Gasteiger partial charge on any atom is 0.238 e. The van der Waals surface area contributed by atoms with Crippen molar-refractivity contribution in [3.8, 4) is 0 Å². The maximum atomic E-state index is 12.5. The first-order valence-corrected chi connectivity index (χ1v) is 11.7. The minimum Gasteiger partial charge on any atom is -0.371 e. The van der Waals surface area contributed by atoms with Crippen LogP contribution in [-0.4, -0.2) is 56.0 Å². The van der Waals surface area contributed by atoms with Crippen molar-refractivity contribution < 1.29 is 9.59 Å². The molecule has 0 aromatic heterocycles. The molecule has 0 saturated carbocycles. The van der Waals surface area contributed by atoms with Gasteiger partial charge in [0.1, 0.15) is 0 Å². The molecule has 32 heavy (non-hydrogen) atoms. The molecule has 1 fully saturated rings. The van der Waals surface area contributed by atoms with Crippen LogP contribution in [0.4, 0.5) is 11.4 Å². The molecule has 6 nitrogen and oxygen atoms in total.